The molecule has 0 radical (unpaired) electrons. The Balaban J connectivity index is 1.92. The summed E-state index contributed by atoms with van der Waals surface area (Å²) in [5, 5.41) is 10.2. The lowest BCUT2D eigenvalue weighted by Gasteiger charge is -2.42. The standard InChI is InChI=1S/C25H36N2O3Si/c1-25(2,3)31(4,5)30-23(19-9-7-6-8-10-19)22-16-15-21(27(22)24(28)29)17-18-11-13-20(26)14-12-18/h6-14,21-23H,15-17,26H2,1-5H3,(H,28,29)/t21-,22-,23-/m1/s1. The highest BCUT2D eigenvalue weighted by atomic mass is 28.4. The van der Waals surface area contributed by atoms with Crippen LogP contribution in [0.15, 0.2) is 54.6 Å². The van der Waals surface area contributed by atoms with E-state index in [1.807, 2.05) is 42.5 Å². The number of rotatable bonds is 6. The number of nitrogen functional groups attached to an aromatic ring is 1. The quantitative estimate of drug-likeness (QED) is 0.421. The highest BCUT2D eigenvalue weighted by Crippen LogP contribution is 2.44. The third-order valence-corrected chi connectivity index (χ3v) is 11.4. The minimum Gasteiger partial charge on any atom is -0.465 e. The first kappa shape index (κ1) is 23.4. The molecule has 0 bridgehead atoms. The molecule has 6 heteroatoms. The molecular formula is C25H36N2O3Si. The minimum absolute atomic E-state index is 0.0378. The van der Waals surface area contributed by atoms with Gasteiger partial charge in [0.2, 0.25) is 0 Å². The summed E-state index contributed by atoms with van der Waals surface area (Å²) >= 11 is 0. The zero-order valence-corrected chi connectivity index (χ0v) is 20.3. The molecule has 1 saturated heterocycles. The summed E-state index contributed by atoms with van der Waals surface area (Å²) in [6.45, 7) is 11.1. The van der Waals surface area contributed by atoms with Crippen molar-refractivity contribution in [2.24, 2.45) is 0 Å². The van der Waals surface area contributed by atoms with Crippen molar-refractivity contribution in [2.75, 3.05) is 5.73 Å². The predicted molar refractivity (Wildman–Crippen MR) is 129 cm³/mol. The summed E-state index contributed by atoms with van der Waals surface area (Å²) in [7, 11) is -2.12. The van der Waals surface area contributed by atoms with Gasteiger partial charge in [0.1, 0.15) is 0 Å². The van der Waals surface area contributed by atoms with Crippen molar-refractivity contribution in [1.82, 2.24) is 4.90 Å². The SMILES string of the molecule is CC(C)(C)[Si](C)(C)O[C@H](c1ccccc1)[C@H]1CC[C@H](Cc2ccc(N)cc2)N1C(=O)O. The minimum atomic E-state index is -2.12. The molecule has 2 aromatic rings. The van der Waals surface area contributed by atoms with E-state index in [2.05, 4.69) is 46.0 Å². The third kappa shape index (κ3) is 5.30. The van der Waals surface area contributed by atoms with Crippen molar-refractivity contribution in [3.8, 4) is 0 Å². The topological polar surface area (TPSA) is 75.8 Å². The number of likely N-dealkylation sites (tertiary alicyclic amines) is 1. The highest BCUT2D eigenvalue weighted by Gasteiger charge is 2.46. The fraction of sp³-hybridized carbons (Fsp3) is 0.480. The second kappa shape index (κ2) is 9.05. The van der Waals surface area contributed by atoms with E-state index in [1.54, 1.807) is 4.90 Å². The van der Waals surface area contributed by atoms with E-state index in [0.717, 1.165) is 29.7 Å². The molecule has 0 aromatic heterocycles. The van der Waals surface area contributed by atoms with Crippen molar-refractivity contribution >= 4 is 20.1 Å². The first-order valence-corrected chi connectivity index (χ1v) is 14.0. The third-order valence-electron chi connectivity index (χ3n) is 6.92. The fourth-order valence-corrected chi connectivity index (χ4v) is 5.42. The van der Waals surface area contributed by atoms with Crippen molar-refractivity contribution in [3.05, 3.63) is 65.7 Å². The largest absolute Gasteiger partial charge is 0.465 e. The molecule has 1 amide bonds. The van der Waals surface area contributed by atoms with E-state index in [9.17, 15) is 9.90 Å². The van der Waals surface area contributed by atoms with E-state index in [0.29, 0.717) is 6.42 Å². The fourth-order valence-electron chi connectivity index (χ4n) is 4.14. The van der Waals surface area contributed by atoms with Gasteiger partial charge < -0.3 is 15.3 Å². The smallest absolute Gasteiger partial charge is 0.407 e. The van der Waals surface area contributed by atoms with Gasteiger partial charge >= 0.3 is 6.09 Å². The van der Waals surface area contributed by atoms with Gasteiger partial charge in [-0.25, -0.2) is 4.79 Å². The molecule has 0 saturated carbocycles. The van der Waals surface area contributed by atoms with Crippen molar-refractivity contribution in [2.45, 2.75) is 76.4 Å². The summed E-state index contributed by atoms with van der Waals surface area (Å²) < 4.78 is 6.88. The maximum Gasteiger partial charge on any atom is 0.407 e. The molecule has 0 unspecified atom stereocenters. The molecule has 168 valence electrons. The van der Waals surface area contributed by atoms with Gasteiger partial charge in [-0.05, 0) is 60.7 Å². The number of nitrogens with two attached hydrogens (primary N) is 1. The van der Waals surface area contributed by atoms with Gasteiger partial charge in [0.05, 0.1) is 12.1 Å². The van der Waals surface area contributed by atoms with Gasteiger partial charge in [-0.2, -0.15) is 0 Å². The van der Waals surface area contributed by atoms with Gasteiger partial charge in [0.15, 0.2) is 8.32 Å². The molecule has 3 rings (SSSR count). The monoisotopic (exact) mass is 440 g/mol. The van der Waals surface area contributed by atoms with E-state index in [-0.39, 0.29) is 23.2 Å². The van der Waals surface area contributed by atoms with Crippen LogP contribution >= 0.6 is 0 Å². The van der Waals surface area contributed by atoms with Crippen LogP contribution < -0.4 is 5.73 Å². The van der Waals surface area contributed by atoms with Gasteiger partial charge in [-0.3, -0.25) is 4.90 Å². The molecule has 3 N–H and O–H groups in total. The first-order chi connectivity index (χ1) is 14.5. The molecule has 1 heterocycles. The molecule has 1 fully saturated rings. The van der Waals surface area contributed by atoms with Gasteiger partial charge in [0.25, 0.3) is 0 Å². The molecule has 31 heavy (non-hydrogen) atoms. The number of anilines is 1. The zero-order chi connectivity index (χ0) is 22.8. The Bertz CT molecular complexity index is 878. The lowest BCUT2D eigenvalue weighted by Crippen LogP contribution is -2.49. The Morgan fingerprint density at radius 3 is 2.29 bits per heavy atom. The Morgan fingerprint density at radius 2 is 1.74 bits per heavy atom. The molecule has 1 aliphatic rings. The average molecular weight is 441 g/mol. The van der Waals surface area contributed by atoms with Crippen molar-refractivity contribution < 1.29 is 14.3 Å². The van der Waals surface area contributed by atoms with E-state index < -0.39 is 14.4 Å². The Labute approximate surface area is 187 Å². The van der Waals surface area contributed by atoms with Crippen LogP contribution in [0.3, 0.4) is 0 Å². The number of benzene rings is 2. The number of carboxylic acid groups (broad SMARTS) is 1. The van der Waals surface area contributed by atoms with E-state index >= 15 is 0 Å². The molecule has 0 aliphatic carbocycles. The highest BCUT2D eigenvalue weighted by molar-refractivity contribution is 6.74. The summed E-state index contributed by atoms with van der Waals surface area (Å²) in [6.07, 6.45) is 1.16. The number of hydrogen-bond donors (Lipinski definition) is 2. The summed E-state index contributed by atoms with van der Waals surface area (Å²) in [5.74, 6) is 0. The maximum absolute atomic E-state index is 12.4. The Morgan fingerprint density at radius 1 is 1.13 bits per heavy atom. The second-order valence-electron chi connectivity index (χ2n) is 10.1. The normalized spacial score (nSPS) is 20.6. The van der Waals surface area contributed by atoms with Crippen LogP contribution in [0.5, 0.6) is 0 Å². The van der Waals surface area contributed by atoms with Crippen molar-refractivity contribution in [3.63, 3.8) is 0 Å². The van der Waals surface area contributed by atoms with Crippen LogP contribution in [0.25, 0.3) is 0 Å². The maximum atomic E-state index is 12.4. The predicted octanol–water partition coefficient (Wildman–Crippen LogP) is 6.09. The number of hydrogen-bond acceptors (Lipinski definition) is 3. The second-order valence-corrected chi connectivity index (χ2v) is 14.9. The van der Waals surface area contributed by atoms with Crippen LogP contribution in [0, 0.1) is 0 Å². The van der Waals surface area contributed by atoms with Crippen LogP contribution in [0.4, 0.5) is 10.5 Å². The van der Waals surface area contributed by atoms with Crippen LogP contribution in [-0.4, -0.2) is 36.5 Å². The summed E-state index contributed by atoms with van der Waals surface area (Å²) in [6, 6.07) is 17.6. The number of amides is 1. The summed E-state index contributed by atoms with van der Waals surface area (Å²) in [4.78, 5) is 14.1. The van der Waals surface area contributed by atoms with Gasteiger partial charge in [-0.1, -0.05) is 63.2 Å². The van der Waals surface area contributed by atoms with Crippen LogP contribution in [0.2, 0.25) is 18.1 Å². The molecule has 1 aliphatic heterocycles. The van der Waals surface area contributed by atoms with E-state index in [1.165, 1.54) is 0 Å². The van der Waals surface area contributed by atoms with Gasteiger partial charge in [0, 0.05) is 11.7 Å². The van der Waals surface area contributed by atoms with Crippen LogP contribution in [0.1, 0.15) is 50.8 Å². The lowest BCUT2D eigenvalue weighted by atomic mass is 10.0. The van der Waals surface area contributed by atoms with E-state index in [4.69, 9.17) is 10.2 Å². The number of nitrogens with zero attached hydrogens (tertiary/aromatic N) is 1. The lowest BCUT2D eigenvalue weighted by molar-refractivity contribution is 0.0598. The zero-order valence-electron chi connectivity index (χ0n) is 19.3. The molecule has 3 atom stereocenters. The molecule has 5 nitrogen and oxygen atoms in total. The first-order valence-electron chi connectivity index (χ1n) is 11.1. The Kier molecular flexibility index (Phi) is 6.81. The molecular weight excluding hydrogens is 404 g/mol. The average Bonchev–Trinajstić information content (AvgIpc) is 3.11. The Hall–Kier alpha value is -2.31. The summed E-state index contributed by atoms with van der Waals surface area (Å²) in [5.41, 5.74) is 8.69. The van der Waals surface area contributed by atoms with Crippen molar-refractivity contribution in [1.29, 1.82) is 0 Å². The molecule has 2 aromatic carbocycles. The van der Waals surface area contributed by atoms with Gasteiger partial charge in [-0.15, -0.1) is 0 Å². The van der Waals surface area contributed by atoms with Crippen LogP contribution in [-0.2, 0) is 10.8 Å². The molecule has 0 spiro atoms. The number of carbonyl (C=O) groups is 1.